The Hall–Kier alpha value is -2.50. The van der Waals surface area contributed by atoms with Crippen LogP contribution in [0.2, 0.25) is 0 Å². The summed E-state index contributed by atoms with van der Waals surface area (Å²) in [6.45, 7) is 1.75. The molecule has 23 heavy (non-hydrogen) atoms. The Morgan fingerprint density at radius 2 is 1.70 bits per heavy atom. The zero-order valence-corrected chi connectivity index (χ0v) is 12.8. The molecule has 0 saturated carbocycles. The third-order valence-corrected chi connectivity index (χ3v) is 3.92. The molecular formula is C18H18N2O3. The molecule has 2 aromatic carbocycles. The van der Waals surface area contributed by atoms with Gasteiger partial charge in [-0.3, -0.25) is 4.79 Å². The minimum atomic E-state index is -1.57. The first kappa shape index (κ1) is 15.4. The van der Waals surface area contributed by atoms with E-state index in [1.165, 1.54) is 0 Å². The highest BCUT2D eigenvalue weighted by Gasteiger charge is 2.46. The molecule has 2 atom stereocenters. The van der Waals surface area contributed by atoms with Crippen molar-refractivity contribution in [2.24, 2.45) is 5.10 Å². The molecular weight excluding hydrogens is 292 g/mol. The van der Waals surface area contributed by atoms with Gasteiger partial charge in [0.05, 0.1) is 0 Å². The number of carbonyl (C=O) groups is 1. The average Bonchev–Trinajstić information content (AvgIpc) is 2.91. The summed E-state index contributed by atoms with van der Waals surface area (Å²) in [6.07, 6.45) is -1.16. The van der Waals surface area contributed by atoms with Gasteiger partial charge < -0.3 is 10.2 Å². The minimum Gasteiger partial charge on any atom is -0.378 e. The van der Waals surface area contributed by atoms with E-state index in [9.17, 15) is 15.0 Å². The topological polar surface area (TPSA) is 73.1 Å². The smallest absolute Gasteiger partial charge is 0.279 e. The summed E-state index contributed by atoms with van der Waals surface area (Å²) in [5, 5.41) is 26.5. The van der Waals surface area contributed by atoms with Gasteiger partial charge in [0.25, 0.3) is 5.91 Å². The molecule has 0 fully saturated rings. The first-order chi connectivity index (χ1) is 11.0. The summed E-state index contributed by atoms with van der Waals surface area (Å²) in [5.74, 6) is -0.653. The van der Waals surface area contributed by atoms with Crippen molar-refractivity contribution in [2.45, 2.75) is 25.2 Å². The molecule has 0 radical (unpaired) electrons. The zero-order valence-electron chi connectivity index (χ0n) is 12.8. The van der Waals surface area contributed by atoms with E-state index >= 15 is 0 Å². The third kappa shape index (κ3) is 2.76. The highest BCUT2D eigenvalue weighted by Crippen LogP contribution is 2.36. The number of rotatable bonds is 3. The van der Waals surface area contributed by atoms with Crippen LogP contribution in [-0.4, -0.2) is 26.8 Å². The highest BCUT2D eigenvalue weighted by molar-refractivity contribution is 5.90. The zero-order chi connectivity index (χ0) is 16.4. The Labute approximate surface area is 134 Å². The number of hydrazone groups is 1. The highest BCUT2D eigenvalue weighted by atomic mass is 16.3. The number of benzene rings is 2. The van der Waals surface area contributed by atoms with E-state index in [1.807, 2.05) is 6.07 Å². The molecule has 2 aromatic rings. The van der Waals surface area contributed by atoms with E-state index in [0.717, 1.165) is 5.01 Å². The molecule has 1 aliphatic rings. The van der Waals surface area contributed by atoms with Crippen LogP contribution in [0.1, 0.15) is 30.6 Å². The Balaban J connectivity index is 1.95. The van der Waals surface area contributed by atoms with Crippen molar-refractivity contribution in [2.75, 3.05) is 0 Å². The fraction of sp³-hybridized carbons (Fsp3) is 0.222. The summed E-state index contributed by atoms with van der Waals surface area (Å²) in [6, 6.07) is 17.5. The Kier molecular flexibility index (Phi) is 3.98. The molecule has 5 nitrogen and oxygen atoms in total. The van der Waals surface area contributed by atoms with Crippen LogP contribution in [0.25, 0.3) is 0 Å². The lowest BCUT2D eigenvalue weighted by atomic mass is 9.97. The fourth-order valence-corrected chi connectivity index (χ4v) is 2.78. The molecule has 0 saturated heterocycles. The molecule has 2 N–H and O–H groups in total. The average molecular weight is 310 g/mol. The van der Waals surface area contributed by atoms with Crippen molar-refractivity contribution in [1.82, 2.24) is 5.01 Å². The van der Waals surface area contributed by atoms with E-state index in [1.54, 1.807) is 61.5 Å². The predicted octanol–water partition coefficient (Wildman–Crippen LogP) is 2.17. The summed E-state index contributed by atoms with van der Waals surface area (Å²) in [7, 11) is 0. The van der Waals surface area contributed by atoms with Crippen molar-refractivity contribution in [3.63, 3.8) is 0 Å². The number of hydrogen-bond donors (Lipinski definition) is 2. The largest absolute Gasteiger partial charge is 0.378 e. The van der Waals surface area contributed by atoms with Crippen LogP contribution in [0, 0.1) is 0 Å². The molecule has 0 aromatic heterocycles. The van der Waals surface area contributed by atoms with Crippen molar-refractivity contribution in [1.29, 1.82) is 0 Å². The molecule has 1 aliphatic heterocycles. The van der Waals surface area contributed by atoms with Gasteiger partial charge in [0.15, 0.2) is 11.8 Å². The maximum atomic E-state index is 12.7. The number of aliphatic hydroxyl groups is 2. The van der Waals surface area contributed by atoms with Gasteiger partial charge in [0, 0.05) is 17.7 Å². The van der Waals surface area contributed by atoms with Crippen molar-refractivity contribution >= 4 is 11.6 Å². The van der Waals surface area contributed by atoms with Gasteiger partial charge in [-0.15, -0.1) is 0 Å². The van der Waals surface area contributed by atoms with Crippen LogP contribution < -0.4 is 0 Å². The van der Waals surface area contributed by atoms with E-state index in [-0.39, 0.29) is 6.42 Å². The molecule has 0 unspecified atom stereocenters. The third-order valence-electron chi connectivity index (χ3n) is 3.92. The Morgan fingerprint density at radius 1 is 1.13 bits per heavy atom. The van der Waals surface area contributed by atoms with E-state index in [0.29, 0.717) is 16.8 Å². The number of carbonyl (C=O) groups excluding carboxylic acids is 1. The van der Waals surface area contributed by atoms with Gasteiger partial charge in [-0.25, -0.2) is 0 Å². The molecule has 1 heterocycles. The van der Waals surface area contributed by atoms with E-state index in [2.05, 4.69) is 5.10 Å². The lowest BCUT2D eigenvalue weighted by Gasteiger charge is -2.32. The molecule has 0 bridgehead atoms. The minimum absolute atomic E-state index is 0.213. The van der Waals surface area contributed by atoms with Crippen LogP contribution in [0.3, 0.4) is 0 Å². The number of nitrogens with zero attached hydrogens (tertiary/aromatic N) is 2. The SMILES string of the molecule is CC1=NN(C(=O)[C@H](O)c2ccccc2)[C@](O)(c2ccccc2)C1. The quantitative estimate of drug-likeness (QED) is 0.912. The first-order valence-corrected chi connectivity index (χ1v) is 7.41. The molecule has 5 heteroatoms. The Morgan fingerprint density at radius 3 is 2.30 bits per heavy atom. The van der Waals surface area contributed by atoms with Crippen LogP contribution >= 0.6 is 0 Å². The second-order valence-electron chi connectivity index (χ2n) is 5.66. The Bertz CT molecular complexity index is 730. The monoisotopic (exact) mass is 310 g/mol. The van der Waals surface area contributed by atoms with Gasteiger partial charge in [-0.2, -0.15) is 10.1 Å². The van der Waals surface area contributed by atoms with Crippen molar-refractivity contribution < 1.29 is 15.0 Å². The lowest BCUT2D eigenvalue weighted by molar-refractivity contribution is -0.167. The van der Waals surface area contributed by atoms with Gasteiger partial charge in [0.2, 0.25) is 0 Å². The van der Waals surface area contributed by atoms with Crippen LogP contribution in [0.5, 0.6) is 0 Å². The molecule has 118 valence electrons. The molecule has 0 aliphatic carbocycles. The summed E-state index contributed by atoms with van der Waals surface area (Å²) in [4.78, 5) is 12.7. The van der Waals surface area contributed by atoms with Crippen LogP contribution in [0.15, 0.2) is 65.8 Å². The molecule has 1 amide bonds. The predicted molar refractivity (Wildman–Crippen MR) is 86.3 cm³/mol. The van der Waals surface area contributed by atoms with E-state index in [4.69, 9.17) is 0 Å². The van der Waals surface area contributed by atoms with E-state index < -0.39 is 17.7 Å². The van der Waals surface area contributed by atoms with Crippen LogP contribution in [0.4, 0.5) is 0 Å². The summed E-state index contributed by atoms with van der Waals surface area (Å²) >= 11 is 0. The van der Waals surface area contributed by atoms with Crippen molar-refractivity contribution in [3.05, 3.63) is 71.8 Å². The van der Waals surface area contributed by atoms with Crippen LogP contribution in [-0.2, 0) is 10.5 Å². The van der Waals surface area contributed by atoms with Gasteiger partial charge in [0.1, 0.15) is 0 Å². The normalized spacial score (nSPS) is 21.9. The fourth-order valence-electron chi connectivity index (χ4n) is 2.78. The summed E-state index contributed by atoms with van der Waals surface area (Å²) < 4.78 is 0. The lowest BCUT2D eigenvalue weighted by Crippen LogP contribution is -2.45. The van der Waals surface area contributed by atoms with Gasteiger partial charge in [-0.05, 0) is 12.5 Å². The maximum Gasteiger partial charge on any atom is 0.279 e. The maximum absolute atomic E-state index is 12.7. The number of aliphatic hydroxyl groups excluding tert-OH is 1. The summed E-state index contributed by atoms with van der Waals surface area (Å²) in [5.41, 5.74) is 0.0879. The molecule has 3 rings (SSSR count). The first-order valence-electron chi connectivity index (χ1n) is 7.41. The number of hydrogen-bond acceptors (Lipinski definition) is 4. The standard InChI is InChI=1S/C18H18N2O3/c1-13-12-18(23,15-10-6-3-7-11-15)20(19-13)17(22)16(21)14-8-4-2-5-9-14/h2-11,16,21,23H,12H2,1H3/t16-,18-/m1/s1. The number of amides is 1. The van der Waals surface area contributed by atoms with Crippen molar-refractivity contribution in [3.8, 4) is 0 Å². The second kappa shape index (κ2) is 5.95. The molecule has 0 spiro atoms. The van der Waals surface area contributed by atoms with Gasteiger partial charge in [-0.1, -0.05) is 60.7 Å². The van der Waals surface area contributed by atoms with Gasteiger partial charge >= 0.3 is 0 Å². The second-order valence-corrected chi connectivity index (χ2v) is 5.66.